The molecule has 0 spiro atoms. The van der Waals surface area contributed by atoms with E-state index in [0.717, 1.165) is 10.0 Å². The Balaban J connectivity index is 0.00000196. The predicted octanol–water partition coefficient (Wildman–Crippen LogP) is 1.79. The minimum atomic E-state index is -0.0509. The number of nitrogens with zero attached hydrogens (tertiary/aromatic N) is 1. The molecule has 0 bridgehead atoms. The summed E-state index contributed by atoms with van der Waals surface area (Å²) in [7, 11) is 1.75. The molecule has 0 aromatic heterocycles. The van der Waals surface area contributed by atoms with Crippen molar-refractivity contribution in [2.45, 2.75) is 6.54 Å². The Morgan fingerprint density at radius 3 is 2.73 bits per heavy atom. The first kappa shape index (κ1) is 14.4. The highest BCUT2D eigenvalue weighted by atomic mass is 79.9. The summed E-state index contributed by atoms with van der Waals surface area (Å²) in [5, 5.41) is 0. The molecule has 0 saturated carbocycles. The second kappa shape index (κ2) is 6.82. The van der Waals surface area contributed by atoms with Crippen LogP contribution in [0.25, 0.3) is 0 Å². The smallest absolute Gasteiger partial charge is 0.236 e. The van der Waals surface area contributed by atoms with Crippen LogP contribution in [0.3, 0.4) is 0 Å². The van der Waals surface area contributed by atoms with Gasteiger partial charge in [-0.1, -0.05) is 28.1 Å². The van der Waals surface area contributed by atoms with Crippen molar-refractivity contribution in [3.05, 3.63) is 34.3 Å². The molecule has 0 heterocycles. The first-order valence-corrected chi connectivity index (χ1v) is 5.11. The number of amides is 1. The van der Waals surface area contributed by atoms with E-state index in [4.69, 9.17) is 5.73 Å². The van der Waals surface area contributed by atoms with E-state index >= 15 is 0 Å². The molecule has 1 aromatic carbocycles. The number of hydrogen-bond donors (Lipinski definition) is 1. The van der Waals surface area contributed by atoms with E-state index in [1.54, 1.807) is 11.9 Å². The van der Waals surface area contributed by atoms with Crippen LogP contribution in [0.1, 0.15) is 5.56 Å². The van der Waals surface area contributed by atoms with E-state index < -0.39 is 0 Å². The molecular formula is C10H14BrClN2O. The molecule has 84 valence electrons. The molecule has 1 aromatic rings. The van der Waals surface area contributed by atoms with Crippen molar-refractivity contribution in [2.24, 2.45) is 5.73 Å². The number of carbonyl (C=O) groups excluding carboxylic acids is 1. The Hall–Kier alpha value is -0.580. The lowest BCUT2D eigenvalue weighted by atomic mass is 10.2. The summed E-state index contributed by atoms with van der Waals surface area (Å²) in [6.45, 7) is 0.653. The minimum absolute atomic E-state index is 0. The van der Waals surface area contributed by atoms with Gasteiger partial charge in [0.1, 0.15) is 0 Å². The standard InChI is InChI=1S/C10H13BrN2O.ClH/c1-13(10(14)6-12)7-8-3-2-4-9(11)5-8;/h2-5H,6-7,12H2,1H3;1H. The van der Waals surface area contributed by atoms with E-state index in [9.17, 15) is 4.79 Å². The number of benzene rings is 1. The van der Waals surface area contributed by atoms with E-state index in [0.29, 0.717) is 6.54 Å². The molecule has 2 N–H and O–H groups in total. The fourth-order valence-corrected chi connectivity index (χ4v) is 1.60. The SMILES string of the molecule is CN(Cc1cccc(Br)c1)C(=O)CN.Cl. The van der Waals surface area contributed by atoms with Gasteiger partial charge in [0.25, 0.3) is 0 Å². The van der Waals surface area contributed by atoms with Gasteiger partial charge in [0, 0.05) is 18.1 Å². The topological polar surface area (TPSA) is 46.3 Å². The van der Waals surface area contributed by atoms with Gasteiger partial charge in [-0.2, -0.15) is 0 Å². The van der Waals surface area contributed by atoms with Crippen LogP contribution in [0.15, 0.2) is 28.7 Å². The van der Waals surface area contributed by atoms with Crippen molar-refractivity contribution in [1.29, 1.82) is 0 Å². The zero-order valence-corrected chi connectivity index (χ0v) is 10.8. The quantitative estimate of drug-likeness (QED) is 0.923. The van der Waals surface area contributed by atoms with Crippen molar-refractivity contribution >= 4 is 34.2 Å². The molecule has 0 atom stereocenters. The van der Waals surface area contributed by atoms with Crippen LogP contribution in [0.5, 0.6) is 0 Å². The van der Waals surface area contributed by atoms with E-state index in [1.165, 1.54) is 0 Å². The van der Waals surface area contributed by atoms with Gasteiger partial charge in [0.05, 0.1) is 6.54 Å². The molecule has 15 heavy (non-hydrogen) atoms. The Labute approximate surface area is 104 Å². The number of rotatable bonds is 3. The number of carbonyl (C=O) groups is 1. The number of halogens is 2. The summed E-state index contributed by atoms with van der Waals surface area (Å²) in [4.78, 5) is 12.8. The van der Waals surface area contributed by atoms with Gasteiger partial charge in [0.2, 0.25) is 5.91 Å². The van der Waals surface area contributed by atoms with Crippen LogP contribution >= 0.6 is 28.3 Å². The highest BCUT2D eigenvalue weighted by Crippen LogP contribution is 2.12. The summed E-state index contributed by atoms with van der Waals surface area (Å²) in [5.41, 5.74) is 6.34. The fraction of sp³-hybridized carbons (Fsp3) is 0.300. The maximum absolute atomic E-state index is 11.2. The summed E-state index contributed by atoms with van der Waals surface area (Å²) in [5.74, 6) is -0.0509. The monoisotopic (exact) mass is 292 g/mol. The third kappa shape index (κ3) is 4.64. The van der Waals surface area contributed by atoms with Gasteiger partial charge in [-0.25, -0.2) is 0 Å². The zero-order valence-electron chi connectivity index (χ0n) is 8.44. The third-order valence-electron chi connectivity index (χ3n) is 1.91. The minimum Gasteiger partial charge on any atom is -0.340 e. The second-order valence-electron chi connectivity index (χ2n) is 3.08. The van der Waals surface area contributed by atoms with E-state index in [2.05, 4.69) is 15.9 Å². The van der Waals surface area contributed by atoms with Crippen molar-refractivity contribution in [1.82, 2.24) is 4.90 Å². The molecule has 5 heteroatoms. The maximum atomic E-state index is 11.2. The van der Waals surface area contributed by atoms with Gasteiger partial charge in [-0.05, 0) is 17.7 Å². The average molecular weight is 294 g/mol. The lowest BCUT2D eigenvalue weighted by Gasteiger charge is -2.16. The molecule has 1 rings (SSSR count). The Morgan fingerprint density at radius 2 is 2.20 bits per heavy atom. The van der Waals surface area contributed by atoms with Gasteiger partial charge >= 0.3 is 0 Å². The Kier molecular flexibility index (Phi) is 6.56. The lowest BCUT2D eigenvalue weighted by Crippen LogP contribution is -2.32. The molecule has 3 nitrogen and oxygen atoms in total. The lowest BCUT2D eigenvalue weighted by molar-refractivity contribution is -0.128. The molecule has 0 unspecified atom stereocenters. The normalized spacial score (nSPS) is 9.27. The predicted molar refractivity (Wildman–Crippen MR) is 66.9 cm³/mol. The van der Waals surface area contributed by atoms with Crippen LogP contribution in [0, 0.1) is 0 Å². The summed E-state index contributed by atoms with van der Waals surface area (Å²) >= 11 is 3.38. The Morgan fingerprint density at radius 1 is 1.53 bits per heavy atom. The second-order valence-corrected chi connectivity index (χ2v) is 4.00. The summed E-state index contributed by atoms with van der Waals surface area (Å²) < 4.78 is 1.02. The van der Waals surface area contributed by atoms with Crippen molar-refractivity contribution in [2.75, 3.05) is 13.6 Å². The van der Waals surface area contributed by atoms with Crippen LogP contribution in [0.2, 0.25) is 0 Å². The maximum Gasteiger partial charge on any atom is 0.236 e. The van der Waals surface area contributed by atoms with Gasteiger partial charge in [-0.3, -0.25) is 4.79 Å². The first-order chi connectivity index (χ1) is 6.63. The van der Waals surface area contributed by atoms with Gasteiger partial charge in [-0.15, -0.1) is 12.4 Å². The van der Waals surface area contributed by atoms with E-state index in [-0.39, 0.29) is 24.9 Å². The molecule has 0 fully saturated rings. The van der Waals surface area contributed by atoms with Crippen molar-refractivity contribution < 1.29 is 4.79 Å². The summed E-state index contributed by atoms with van der Waals surface area (Å²) in [6.07, 6.45) is 0. The van der Waals surface area contributed by atoms with Crippen LogP contribution in [0.4, 0.5) is 0 Å². The number of hydrogen-bond acceptors (Lipinski definition) is 2. The molecule has 1 amide bonds. The van der Waals surface area contributed by atoms with E-state index in [1.807, 2.05) is 24.3 Å². The number of nitrogens with two attached hydrogens (primary N) is 1. The highest BCUT2D eigenvalue weighted by molar-refractivity contribution is 9.10. The van der Waals surface area contributed by atoms with Crippen molar-refractivity contribution in [3.8, 4) is 0 Å². The molecule has 0 saturated heterocycles. The van der Waals surface area contributed by atoms with Crippen molar-refractivity contribution in [3.63, 3.8) is 0 Å². The molecule has 0 radical (unpaired) electrons. The third-order valence-corrected chi connectivity index (χ3v) is 2.40. The summed E-state index contributed by atoms with van der Waals surface area (Å²) in [6, 6.07) is 7.86. The highest BCUT2D eigenvalue weighted by Gasteiger charge is 2.06. The molecule has 0 aliphatic carbocycles. The molecule has 0 aliphatic heterocycles. The van der Waals surface area contributed by atoms with Gasteiger partial charge < -0.3 is 10.6 Å². The molecule has 0 aliphatic rings. The van der Waals surface area contributed by atoms with Crippen LogP contribution < -0.4 is 5.73 Å². The van der Waals surface area contributed by atoms with Gasteiger partial charge in [0.15, 0.2) is 0 Å². The first-order valence-electron chi connectivity index (χ1n) is 4.32. The molecular weight excluding hydrogens is 279 g/mol. The van der Waals surface area contributed by atoms with Crippen LogP contribution in [-0.2, 0) is 11.3 Å². The average Bonchev–Trinajstić information content (AvgIpc) is 2.16. The number of likely N-dealkylation sites (N-methyl/N-ethyl adjacent to an activating group) is 1. The zero-order chi connectivity index (χ0) is 10.6. The Bertz CT molecular complexity index is 333. The fourth-order valence-electron chi connectivity index (χ4n) is 1.15. The van der Waals surface area contributed by atoms with Crippen LogP contribution in [-0.4, -0.2) is 24.4 Å². The largest absolute Gasteiger partial charge is 0.340 e.